The summed E-state index contributed by atoms with van der Waals surface area (Å²) in [6.45, 7) is 3.67. The Morgan fingerprint density at radius 3 is 2.86 bits per heavy atom. The van der Waals surface area contributed by atoms with E-state index in [0.29, 0.717) is 10.2 Å². The van der Waals surface area contributed by atoms with Crippen LogP contribution in [-0.2, 0) is 0 Å². The van der Waals surface area contributed by atoms with Crippen LogP contribution in [0, 0.1) is 5.82 Å². The van der Waals surface area contributed by atoms with E-state index in [4.69, 9.17) is 4.74 Å². The number of rotatable bonds is 0. The smallest absolute Gasteiger partial charge is 0.181 e. The summed E-state index contributed by atoms with van der Waals surface area (Å²) in [5, 5.41) is 0. The molecule has 2 rings (SSSR count). The maximum absolute atomic E-state index is 13.4. The van der Waals surface area contributed by atoms with Crippen LogP contribution < -0.4 is 4.74 Å². The molecule has 0 saturated heterocycles. The zero-order valence-electron chi connectivity index (χ0n) is 7.84. The lowest BCUT2D eigenvalue weighted by Crippen LogP contribution is -2.32. The summed E-state index contributed by atoms with van der Waals surface area (Å²) in [5.41, 5.74) is -0.0158. The summed E-state index contributed by atoms with van der Waals surface area (Å²) in [6.07, 6.45) is 1.67. The van der Waals surface area contributed by atoms with Gasteiger partial charge in [0.05, 0.1) is 0 Å². The first-order valence-corrected chi connectivity index (χ1v) is 5.00. The van der Waals surface area contributed by atoms with E-state index in [0.717, 1.165) is 0 Å². The molecule has 4 heteroatoms. The quantitative estimate of drug-likeness (QED) is 0.698. The van der Waals surface area contributed by atoms with Gasteiger partial charge in [0.15, 0.2) is 11.6 Å². The second-order valence-electron chi connectivity index (χ2n) is 3.70. The van der Waals surface area contributed by atoms with Crippen LogP contribution >= 0.6 is 15.9 Å². The standard InChI is InChI=1S/C10H9BrFNO/c1-10(2)5-13-8-4-6(11)3-7(12)9(8)14-10/h3-5H,1-2H3. The van der Waals surface area contributed by atoms with Crippen molar-refractivity contribution in [1.82, 2.24) is 0 Å². The van der Waals surface area contributed by atoms with Gasteiger partial charge < -0.3 is 4.74 Å². The van der Waals surface area contributed by atoms with Gasteiger partial charge in [-0.25, -0.2) is 4.39 Å². The van der Waals surface area contributed by atoms with Gasteiger partial charge in [-0.2, -0.15) is 0 Å². The summed E-state index contributed by atoms with van der Waals surface area (Å²) < 4.78 is 19.6. The lowest BCUT2D eigenvalue weighted by atomic mass is 10.1. The molecule has 74 valence electrons. The van der Waals surface area contributed by atoms with Crippen LogP contribution in [0.1, 0.15) is 13.8 Å². The number of benzene rings is 1. The van der Waals surface area contributed by atoms with E-state index in [1.54, 1.807) is 12.3 Å². The Labute approximate surface area is 89.9 Å². The van der Waals surface area contributed by atoms with Gasteiger partial charge >= 0.3 is 0 Å². The van der Waals surface area contributed by atoms with Crippen LogP contribution in [0.15, 0.2) is 21.6 Å². The molecule has 0 atom stereocenters. The Bertz CT molecular complexity index is 415. The number of hydrogen-bond acceptors (Lipinski definition) is 2. The third-order valence-electron chi connectivity index (χ3n) is 1.87. The number of halogens is 2. The van der Waals surface area contributed by atoms with Crippen LogP contribution in [0.25, 0.3) is 0 Å². The first-order chi connectivity index (χ1) is 6.48. The third kappa shape index (κ3) is 1.66. The molecule has 0 fully saturated rings. The molecule has 0 bridgehead atoms. The molecule has 1 aliphatic rings. The number of fused-ring (bicyclic) bond motifs is 1. The Morgan fingerprint density at radius 1 is 1.43 bits per heavy atom. The zero-order chi connectivity index (χ0) is 10.3. The second-order valence-corrected chi connectivity index (χ2v) is 4.62. The highest BCUT2D eigenvalue weighted by atomic mass is 79.9. The topological polar surface area (TPSA) is 21.6 Å². The first kappa shape index (κ1) is 9.65. The van der Waals surface area contributed by atoms with Crippen LogP contribution in [0.3, 0.4) is 0 Å². The molecule has 0 spiro atoms. The molecule has 0 N–H and O–H groups in total. The van der Waals surface area contributed by atoms with E-state index in [2.05, 4.69) is 20.9 Å². The highest BCUT2D eigenvalue weighted by molar-refractivity contribution is 9.10. The van der Waals surface area contributed by atoms with E-state index in [1.165, 1.54) is 6.07 Å². The monoisotopic (exact) mass is 257 g/mol. The number of hydrogen-bond donors (Lipinski definition) is 0. The fraction of sp³-hybridized carbons (Fsp3) is 0.300. The van der Waals surface area contributed by atoms with Crippen molar-refractivity contribution in [1.29, 1.82) is 0 Å². The van der Waals surface area contributed by atoms with Gasteiger partial charge in [-0.05, 0) is 26.0 Å². The minimum atomic E-state index is -0.540. The molecule has 0 aromatic heterocycles. The highest BCUT2D eigenvalue weighted by Crippen LogP contribution is 2.38. The molecule has 0 unspecified atom stereocenters. The van der Waals surface area contributed by atoms with Crippen molar-refractivity contribution in [3.8, 4) is 5.75 Å². The summed E-state index contributed by atoms with van der Waals surface area (Å²) in [6, 6.07) is 3.10. The summed E-state index contributed by atoms with van der Waals surface area (Å²) in [4.78, 5) is 4.15. The molecule has 0 saturated carbocycles. The van der Waals surface area contributed by atoms with Crippen LogP contribution in [0.2, 0.25) is 0 Å². The van der Waals surface area contributed by atoms with E-state index >= 15 is 0 Å². The fourth-order valence-corrected chi connectivity index (χ4v) is 1.68. The predicted molar refractivity (Wildman–Crippen MR) is 57.0 cm³/mol. The lowest BCUT2D eigenvalue weighted by Gasteiger charge is -2.26. The van der Waals surface area contributed by atoms with Crippen LogP contribution in [0.4, 0.5) is 10.1 Å². The molecule has 2 nitrogen and oxygen atoms in total. The molecule has 1 aromatic rings. The minimum Gasteiger partial charge on any atom is -0.477 e. The van der Waals surface area contributed by atoms with Crippen LogP contribution in [-0.4, -0.2) is 11.8 Å². The Hall–Kier alpha value is -0.900. The van der Waals surface area contributed by atoms with Crippen molar-refractivity contribution in [2.24, 2.45) is 4.99 Å². The minimum absolute atomic E-state index is 0.223. The summed E-state index contributed by atoms with van der Waals surface area (Å²) in [5.74, 6) is -0.167. The second kappa shape index (κ2) is 3.05. The maximum Gasteiger partial charge on any atom is 0.181 e. The van der Waals surface area contributed by atoms with Gasteiger partial charge in [0.2, 0.25) is 0 Å². The van der Waals surface area contributed by atoms with E-state index in [1.807, 2.05) is 13.8 Å². The SMILES string of the molecule is CC1(C)C=Nc2cc(Br)cc(F)c2O1. The number of nitrogens with zero attached hydrogens (tertiary/aromatic N) is 1. The molecule has 0 radical (unpaired) electrons. The van der Waals surface area contributed by atoms with Crippen molar-refractivity contribution in [3.63, 3.8) is 0 Å². The average Bonchev–Trinajstić information content (AvgIpc) is 2.06. The van der Waals surface area contributed by atoms with E-state index in [9.17, 15) is 4.39 Å². The van der Waals surface area contributed by atoms with Gasteiger partial charge in [0, 0.05) is 10.7 Å². The first-order valence-electron chi connectivity index (χ1n) is 4.21. The summed E-state index contributed by atoms with van der Waals surface area (Å²) in [7, 11) is 0. The normalized spacial score (nSPS) is 17.4. The van der Waals surface area contributed by atoms with Crippen molar-refractivity contribution in [2.75, 3.05) is 0 Å². The summed E-state index contributed by atoms with van der Waals surface area (Å²) >= 11 is 3.20. The molecular weight excluding hydrogens is 249 g/mol. The Balaban J connectivity index is 2.56. The van der Waals surface area contributed by atoms with Gasteiger partial charge in [-0.3, -0.25) is 4.99 Å². The third-order valence-corrected chi connectivity index (χ3v) is 2.33. The van der Waals surface area contributed by atoms with Crippen molar-refractivity contribution >= 4 is 27.8 Å². The highest BCUT2D eigenvalue weighted by Gasteiger charge is 2.25. The molecule has 14 heavy (non-hydrogen) atoms. The van der Waals surface area contributed by atoms with E-state index < -0.39 is 5.60 Å². The largest absolute Gasteiger partial charge is 0.477 e. The van der Waals surface area contributed by atoms with Gasteiger partial charge in [0.25, 0.3) is 0 Å². The van der Waals surface area contributed by atoms with Crippen molar-refractivity contribution in [2.45, 2.75) is 19.4 Å². The molecule has 1 aliphatic heterocycles. The fourth-order valence-electron chi connectivity index (χ4n) is 1.26. The van der Waals surface area contributed by atoms with Gasteiger partial charge in [-0.15, -0.1) is 0 Å². The predicted octanol–water partition coefficient (Wildman–Crippen LogP) is 3.46. The maximum atomic E-state index is 13.4. The van der Waals surface area contributed by atoms with Crippen LogP contribution in [0.5, 0.6) is 5.75 Å². The lowest BCUT2D eigenvalue weighted by molar-refractivity contribution is 0.176. The molecule has 0 aliphatic carbocycles. The number of aliphatic imine (C=N–C) groups is 1. The Morgan fingerprint density at radius 2 is 2.14 bits per heavy atom. The van der Waals surface area contributed by atoms with Gasteiger partial charge in [-0.1, -0.05) is 15.9 Å². The number of ether oxygens (including phenoxy) is 1. The average molecular weight is 258 g/mol. The molecular formula is C10H9BrFNO. The zero-order valence-corrected chi connectivity index (χ0v) is 9.43. The van der Waals surface area contributed by atoms with Crippen molar-refractivity contribution < 1.29 is 9.13 Å². The molecule has 0 amide bonds. The van der Waals surface area contributed by atoms with E-state index in [-0.39, 0.29) is 11.6 Å². The molecule has 1 heterocycles. The molecule has 1 aromatic carbocycles. The van der Waals surface area contributed by atoms with Crippen molar-refractivity contribution in [3.05, 3.63) is 22.4 Å². The Kier molecular flexibility index (Phi) is 2.10. The van der Waals surface area contributed by atoms with Gasteiger partial charge in [0.1, 0.15) is 11.3 Å².